The molecular formula is C12H24O11. The van der Waals surface area contributed by atoms with Crippen molar-refractivity contribution in [3.8, 4) is 0 Å². The van der Waals surface area contributed by atoms with Crippen LogP contribution in [0.4, 0.5) is 0 Å². The fourth-order valence-corrected chi connectivity index (χ4v) is 2.16. The predicted molar refractivity (Wildman–Crippen MR) is 70.8 cm³/mol. The van der Waals surface area contributed by atoms with Crippen LogP contribution in [0.5, 0.6) is 0 Å². The molecule has 0 bridgehead atoms. The number of rotatable bonds is 8. The fourth-order valence-electron chi connectivity index (χ4n) is 2.16. The molecule has 9 atom stereocenters. The van der Waals surface area contributed by atoms with E-state index in [1.165, 1.54) is 0 Å². The van der Waals surface area contributed by atoms with E-state index in [2.05, 4.69) is 0 Å². The normalized spacial score (nSPS) is 37.2. The second kappa shape index (κ2) is 9.15. The number of aliphatic hydroxyl groups is 9. The minimum absolute atomic E-state index is 0.708. The van der Waals surface area contributed by atoms with Gasteiger partial charge in [-0.1, -0.05) is 0 Å². The molecule has 1 fully saturated rings. The van der Waals surface area contributed by atoms with Crippen molar-refractivity contribution in [1.82, 2.24) is 0 Å². The lowest BCUT2D eigenvalue weighted by molar-refractivity contribution is -0.327. The Balaban J connectivity index is 2.89. The third kappa shape index (κ3) is 4.78. The van der Waals surface area contributed by atoms with Crippen LogP contribution in [0.15, 0.2) is 0 Å². The van der Waals surface area contributed by atoms with Gasteiger partial charge >= 0.3 is 0 Å². The maximum atomic E-state index is 9.83. The van der Waals surface area contributed by atoms with Crippen molar-refractivity contribution in [1.29, 1.82) is 0 Å². The Hall–Kier alpha value is -0.440. The Kier molecular flexibility index (Phi) is 8.20. The second-order valence-electron chi connectivity index (χ2n) is 5.29. The van der Waals surface area contributed by atoms with E-state index in [0.717, 1.165) is 0 Å². The lowest BCUT2D eigenvalue weighted by Crippen LogP contribution is -2.61. The molecule has 0 saturated carbocycles. The molecule has 0 amide bonds. The minimum Gasteiger partial charge on any atom is -0.394 e. The van der Waals surface area contributed by atoms with E-state index in [-0.39, 0.29) is 0 Å². The zero-order chi connectivity index (χ0) is 17.7. The third-order valence-electron chi connectivity index (χ3n) is 3.62. The number of ether oxygens (including phenoxy) is 2. The summed E-state index contributed by atoms with van der Waals surface area (Å²) >= 11 is 0. The van der Waals surface area contributed by atoms with Gasteiger partial charge in [0, 0.05) is 0 Å². The van der Waals surface area contributed by atoms with Crippen LogP contribution >= 0.6 is 0 Å². The first kappa shape index (κ1) is 20.6. The van der Waals surface area contributed by atoms with Crippen LogP contribution in [0, 0.1) is 0 Å². The zero-order valence-electron chi connectivity index (χ0n) is 12.2. The monoisotopic (exact) mass is 344 g/mol. The molecule has 0 aromatic carbocycles. The van der Waals surface area contributed by atoms with Crippen molar-refractivity contribution in [3.63, 3.8) is 0 Å². The van der Waals surface area contributed by atoms with Crippen LogP contribution < -0.4 is 0 Å². The Morgan fingerprint density at radius 1 is 0.826 bits per heavy atom. The summed E-state index contributed by atoms with van der Waals surface area (Å²) in [5.41, 5.74) is 0. The summed E-state index contributed by atoms with van der Waals surface area (Å²) in [6.07, 6.45) is -15.1. The van der Waals surface area contributed by atoms with Gasteiger partial charge in [-0.15, -0.1) is 0 Å². The SMILES string of the molecule is OC[C@@H](O)[C@@H](O)[C@H](O[C@H]1O[C@H](CO)[C@@H](O)[C@H](O)[C@H]1O)[C@@H](O)CO. The van der Waals surface area contributed by atoms with Crippen LogP contribution in [0.25, 0.3) is 0 Å². The van der Waals surface area contributed by atoms with Crippen molar-refractivity contribution in [2.45, 2.75) is 55.1 Å². The molecule has 0 aliphatic carbocycles. The summed E-state index contributed by atoms with van der Waals surface area (Å²) in [5, 5.41) is 84.9. The Bertz CT molecular complexity index is 341. The van der Waals surface area contributed by atoms with Gasteiger partial charge < -0.3 is 55.4 Å². The zero-order valence-corrected chi connectivity index (χ0v) is 12.2. The third-order valence-corrected chi connectivity index (χ3v) is 3.62. The number of aliphatic hydroxyl groups excluding tert-OH is 9. The van der Waals surface area contributed by atoms with Crippen molar-refractivity contribution < 1.29 is 55.4 Å². The van der Waals surface area contributed by atoms with Gasteiger partial charge in [-0.25, -0.2) is 0 Å². The summed E-state index contributed by atoms with van der Waals surface area (Å²) in [4.78, 5) is 0. The smallest absolute Gasteiger partial charge is 0.187 e. The molecule has 23 heavy (non-hydrogen) atoms. The van der Waals surface area contributed by atoms with E-state index < -0.39 is 74.9 Å². The molecule has 11 heteroatoms. The van der Waals surface area contributed by atoms with E-state index in [1.807, 2.05) is 0 Å². The molecule has 0 spiro atoms. The van der Waals surface area contributed by atoms with Crippen molar-refractivity contribution in [2.24, 2.45) is 0 Å². The molecular weight excluding hydrogens is 320 g/mol. The minimum atomic E-state index is -1.85. The van der Waals surface area contributed by atoms with E-state index in [9.17, 15) is 30.6 Å². The van der Waals surface area contributed by atoms with E-state index in [1.54, 1.807) is 0 Å². The molecule has 138 valence electrons. The fraction of sp³-hybridized carbons (Fsp3) is 1.00. The highest BCUT2D eigenvalue weighted by molar-refractivity contribution is 4.91. The van der Waals surface area contributed by atoms with E-state index in [0.29, 0.717) is 0 Å². The standard InChI is InChI=1S/C12H24O11/c13-1-4(16)7(18)11(5(17)2-14)23-12-10(21)9(20)8(19)6(3-15)22-12/h4-21H,1-3H2/t4-,5+,6-,7-,8-,9+,10-,11-,12-/m1/s1. The van der Waals surface area contributed by atoms with Crippen molar-refractivity contribution >= 4 is 0 Å². The molecule has 9 N–H and O–H groups in total. The molecule has 0 unspecified atom stereocenters. The first-order valence-corrected chi connectivity index (χ1v) is 7.00. The van der Waals surface area contributed by atoms with Crippen LogP contribution in [0.3, 0.4) is 0 Å². The summed E-state index contributed by atoms with van der Waals surface area (Å²) in [7, 11) is 0. The summed E-state index contributed by atoms with van der Waals surface area (Å²) in [5.74, 6) is 0. The summed E-state index contributed by atoms with van der Waals surface area (Å²) in [6.45, 7) is -2.45. The Labute approximate surface area is 131 Å². The Morgan fingerprint density at radius 3 is 1.87 bits per heavy atom. The molecule has 0 aromatic rings. The van der Waals surface area contributed by atoms with Crippen LogP contribution in [-0.4, -0.2) is 121 Å². The van der Waals surface area contributed by atoms with Crippen LogP contribution in [0.1, 0.15) is 0 Å². The number of hydrogen-bond donors (Lipinski definition) is 9. The maximum Gasteiger partial charge on any atom is 0.187 e. The summed E-state index contributed by atoms with van der Waals surface area (Å²) in [6, 6.07) is 0. The van der Waals surface area contributed by atoms with Crippen LogP contribution in [0.2, 0.25) is 0 Å². The average molecular weight is 344 g/mol. The topological polar surface area (TPSA) is 201 Å². The molecule has 1 aliphatic heterocycles. The van der Waals surface area contributed by atoms with Crippen LogP contribution in [-0.2, 0) is 9.47 Å². The van der Waals surface area contributed by atoms with E-state index >= 15 is 0 Å². The Morgan fingerprint density at radius 2 is 1.39 bits per heavy atom. The van der Waals surface area contributed by atoms with E-state index in [4.69, 9.17) is 24.8 Å². The van der Waals surface area contributed by atoms with Gasteiger partial charge in [-0.3, -0.25) is 0 Å². The largest absolute Gasteiger partial charge is 0.394 e. The average Bonchev–Trinajstić information content (AvgIpc) is 2.57. The maximum absolute atomic E-state index is 9.83. The lowest BCUT2D eigenvalue weighted by Gasteiger charge is -2.42. The molecule has 1 heterocycles. The highest BCUT2D eigenvalue weighted by Gasteiger charge is 2.46. The quantitative estimate of drug-likeness (QED) is 0.203. The molecule has 1 aliphatic rings. The number of hydrogen-bond acceptors (Lipinski definition) is 11. The molecule has 0 aromatic heterocycles. The first-order valence-electron chi connectivity index (χ1n) is 7.00. The second-order valence-corrected chi connectivity index (χ2v) is 5.29. The van der Waals surface area contributed by atoms with Gasteiger partial charge in [0.2, 0.25) is 0 Å². The van der Waals surface area contributed by atoms with Crippen molar-refractivity contribution in [3.05, 3.63) is 0 Å². The molecule has 1 rings (SSSR count). The highest BCUT2D eigenvalue weighted by atomic mass is 16.7. The van der Waals surface area contributed by atoms with Gasteiger partial charge in [0.15, 0.2) is 6.29 Å². The van der Waals surface area contributed by atoms with Gasteiger partial charge in [0.05, 0.1) is 19.8 Å². The van der Waals surface area contributed by atoms with Gasteiger partial charge in [-0.05, 0) is 0 Å². The predicted octanol–water partition coefficient (Wildman–Crippen LogP) is -5.76. The molecule has 0 radical (unpaired) electrons. The highest BCUT2D eigenvalue weighted by Crippen LogP contribution is 2.24. The lowest BCUT2D eigenvalue weighted by atomic mass is 9.98. The van der Waals surface area contributed by atoms with Gasteiger partial charge in [0.1, 0.15) is 48.8 Å². The van der Waals surface area contributed by atoms with Crippen molar-refractivity contribution in [2.75, 3.05) is 19.8 Å². The molecule has 11 nitrogen and oxygen atoms in total. The molecule has 1 saturated heterocycles. The summed E-state index contributed by atoms with van der Waals surface area (Å²) < 4.78 is 10.1. The first-order chi connectivity index (χ1) is 10.8. The van der Waals surface area contributed by atoms with Gasteiger partial charge in [-0.2, -0.15) is 0 Å². The van der Waals surface area contributed by atoms with Gasteiger partial charge in [0.25, 0.3) is 0 Å².